The maximum Gasteiger partial charge on any atom is 0.312 e. The van der Waals surface area contributed by atoms with Gasteiger partial charge < -0.3 is 10.0 Å². The fraction of sp³-hybridized carbons (Fsp3) is 0.333. The minimum Gasteiger partial charge on any atom is -0.481 e. The van der Waals surface area contributed by atoms with Gasteiger partial charge in [-0.3, -0.25) is 9.59 Å². The molecule has 2 aromatic rings. The van der Waals surface area contributed by atoms with Crippen LogP contribution < -0.4 is 0 Å². The highest BCUT2D eigenvalue weighted by molar-refractivity contribution is 7.14. The molecular formula is C18H19NO3S. The normalized spacial score (nSPS) is 17.0. The van der Waals surface area contributed by atoms with Crippen LogP contribution in [0.3, 0.4) is 0 Å². The van der Waals surface area contributed by atoms with Crippen molar-refractivity contribution in [1.29, 1.82) is 0 Å². The number of thiophene rings is 1. The Kier molecular flexibility index (Phi) is 4.22. The largest absolute Gasteiger partial charge is 0.481 e. The highest BCUT2D eigenvalue weighted by Crippen LogP contribution is 2.31. The van der Waals surface area contributed by atoms with Gasteiger partial charge in [-0.1, -0.05) is 31.2 Å². The van der Waals surface area contributed by atoms with Gasteiger partial charge >= 0.3 is 5.97 Å². The van der Waals surface area contributed by atoms with Crippen LogP contribution >= 0.6 is 11.3 Å². The zero-order chi connectivity index (χ0) is 16.6. The number of aliphatic carboxylic acids is 1. The summed E-state index contributed by atoms with van der Waals surface area (Å²) in [5.74, 6) is -1.61. The highest BCUT2D eigenvalue weighted by atomic mass is 32.1. The summed E-state index contributed by atoms with van der Waals surface area (Å²) in [6.45, 7) is 4.78. The van der Waals surface area contributed by atoms with Crippen LogP contribution in [0.5, 0.6) is 0 Å². The van der Waals surface area contributed by atoms with Gasteiger partial charge in [-0.2, -0.15) is 0 Å². The molecule has 0 aliphatic carbocycles. The molecule has 0 saturated heterocycles. The van der Waals surface area contributed by atoms with Gasteiger partial charge in [0.25, 0.3) is 5.91 Å². The number of nitrogens with zero attached hydrogens (tertiary/aromatic N) is 1. The molecule has 1 amide bonds. The van der Waals surface area contributed by atoms with Gasteiger partial charge in [-0.05, 0) is 36.1 Å². The molecule has 1 unspecified atom stereocenters. The summed E-state index contributed by atoms with van der Waals surface area (Å²) in [5, 5.41) is 9.51. The Hall–Kier alpha value is -2.14. The van der Waals surface area contributed by atoms with Gasteiger partial charge in [-0.25, -0.2) is 0 Å². The number of hydrogen-bond donors (Lipinski definition) is 1. The molecule has 5 heteroatoms. The van der Waals surface area contributed by atoms with Crippen LogP contribution in [-0.2, 0) is 17.8 Å². The molecular weight excluding hydrogens is 310 g/mol. The van der Waals surface area contributed by atoms with E-state index in [1.54, 1.807) is 4.90 Å². The van der Waals surface area contributed by atoms with Crippen molar-refractivity contribution < 1.29 is 14.7 Å². The van der Waals surface area contributed by atoms with E-state index in [9.17, 15) is 14.7 Å². The number of amides is 1. The van der Waals surface area contributed by atoms with E-state index in [1.165, 1.54) is 16.2 Å². The van der Waals surface area contributed by atoms with E-state index in [4.69, 9.17) is 0 Å². The average Bonchev–Trinajstić information content (AvgIpc) is 2.93. The third-order valence-corrected chi connectivity index (χ3v) is 5.70. The van der Waals surface area contributed by atoms with Gasteiger partial charge in [0.15, 0.2) is 0 Å². The lowest BCUT2D eigenvalue weighted by Gasteiger charge is -2.32. The van der Waals surface area contributed by atoms with Crippen LogP contribution in [-0.4, -0.2) is 28.4 Å². The predicted octanol–water partition coefficient (Wildman–Crippen LogP) is 3.44. The zero-order valence-electron chi connectivity index (χ0n) is 13.2. The van der Waals surface area contributed by atoms with E-state index in [0.717, 1.165) is 23.1 Å². The van der Waals surface area contributed by atoms with Crippen LogP contribution in [0.1, 0.15) is 44.1 Å². The summed E-state index contributed by atoms with van der Waals surface area (Å²) >= 11 is 1.51. The lowest BCUT2D eigenvalue weighted by Crippen LogP contribution is -2.40. The molecule has 1 atom stereocenters. The molecule has 0 fully saturated rings. The summed E-state index contributed by atoms with van der Waals surface area (Å²) in [4.78, 5) is 28.0. The highest BCUT2D eigenvalue weighted by Gasteiger charge is 2.33. The molecule has 3 rings (SSSR count). The minimum atomic E-state index is -0.883. The molecule has 1 aromatic heterocycles. The van der Waals surface area contributed by atoms with Gasteiger partial charge in [-0.15, -0.1) is 11.3 Å². The first-order valence-corrected chi connectivity index (χ1v) is 8.52. The topological polar surface area (TPSA) is 57.6 Å². The molecule has 1 aromatic carbocycles. The van der Waals surface area contributed by atoms with Crippen LogP contribution in [0.25, 0.3) is 0 Å². The van der Waals surface area contributed by atoms with E-state index in [2.05, 4.69) is 6.92 Å². The minimum absolute atomic E-state index is 0.0708. The number of fused-ring (bicyclic) bond motifs is 1. The second-order valence-corrected chi connectivity index (χ2v) is 6.98. The summed E-state index contributed by atoms with van der Waals surface area (Å²) in [6.07, 6.45) is 0.907. The Morgan fingerprint density at radius 2 is 2.09 bits per heavy atom. The second kappa shape index (κ2) is 6.16. The van der Waals surface area contributed by atoms with Crippen molar-refractivity contribution in [3.05, 3.63) is 56.8 Å². The molecule has 0 saturated carbocycles. The van der Waals surface area contributed by atoms with Gasteiger partial charge in [0, 0.05) is 18.0 Å². The molecule has 0 spiro atoms. The van der Waals surface area contributed by atoms with E-state index >= 15 is 0 Å². The Morgan fingerprint density at radius 3 is 2.74 bits per heavy atom. The number of carbonyl (C=O) groups excluding carboxylic acids is 1. The Bertz CT molecular complexity index is 765. The van der Waals surface area contributed by atoms with Crippen molar-refractivity contribution in [3.8, 4) is 0 Å². The molecule has 0 radical (unpaired) electrons. The van der Waals surface area contributed by atoms with Gasteiger partial charge in [0.2, 0.25) is 0 Å². The van der Waals surface area contributed by atoms with Gasteiger partial charge in [0.1, 0.15) is 0 Å². The molecule has 0 bridgehead atoms. The lowest BCUT2D eigenvalue weighted by molar-refractivity contribution is -0.139. The van der Waals surface area contributed by atoms with E-state index in [0.29, 0.717) is 11.4 Å². The number of hydrogen-bond acceptors (Lipinski definition) is 3. The quantitative estimate of drug-likeness (QED) is 0.938. The van der Waals surface area contributed by atoms with Crippen LogP contribution in [0, 0.1) is 6.92 Å². The summed E-state index contributed by atoms with van der Waals surface area (Å²) < 4.78 is 0. The number of rotatable bonds is 3. The third kappa shape index (κ3) is 2.88. The third-order valence-electron chi connectivity index (χ3n) is 4.33. The van der Waals surface area contributed by atoms with E-state index in [1.807, 2.05) is 37.3 Å². The Labute approximate surface area is 139 Å². The SMILES string of the molecule is CCc1sc(C(=O)N2Cc3ccccc3C(C(=O)O)C2)cc1C. The van der Waals surface area contributed by atoms with Crippen LogP contribution in [0.4, 0.5) is 0 Å². The molecule has 1 N–H and O–H groups in total. The number of carboxylic acids is 1. The number of aryl methyl sites for hydroxylation is 2. The predicted molar refractivity (Wildman–Crippen MR) is 90.0 cm³/mol. The zero-order valence-corrected chi connectivity index (χ0v) is 14.0. The number of carbonyl (C=O) groups is 2. The Balaban J connectivity index is 1.92. The lowest BCUT2D eigenvalue weighted by atomic mass is 9.89. The first kappa shape index (κ1) is 15.7. The average molecular weight is 329 g/mol. The van der Waals surface area contributed by atoms with Gasteiger partial charge in [0.05, 0.1) is 10.8 Å². The standard InChI is InChI=1S/C18H19NO3S/c1-3-15-11(2)8-16(23-15)17(20)19-9-12-6-4-5-7-13(12)14(10-19)18(21)22/h4-8,14H,3,9-10H2,1-2H3,(H,21,22). The van der Waals surface area contributed by atoms with Crippen molar-refractivity contribution in [2.45, 2.75) is 32.7 Å². The monoisotopic (exact) mass is 329 g/mol. The molecule has 23 heavy (non-hydrogen) atoms. The second-order valence-electron chi connectivity index (χ2n) is 5.85. The molecule has 2 heterocycles. The number of carboxylic acid groups (broad SMARTS) is 1. The van der Waals surface area contributed by atoms with Crippen molar-refractivity contribution in [3.63, 3.8) is 0 Å². The molecule has 1 aliphatic heterocycles. The smallest absolute Gasteiger partial charge is 0.312 e. The molecule has 120 valence electrons. The summed E-state index contributed by atoms with van der Waals surface area (Å²) in [6, 6.07) is 9.41. The van der Waals surface area contributed by atoms with Crippen LogP contribution in [0.15, 0.2) is 30.3 Å². The maximum atomic E-state index is 12.8. The first-order chi connectivity index (χ1) is 11.0. The molecule has 1 aliphatic rings. The van der Waals surface area contributed by atoms with Crippen molar-refractivity contribution in [1.82, 2.24) is 4.90 Å². The number of benzene rings is 1. The summed E-state index contributed by atoms with van der Waals surface area (Å²) in [5.41, 5.74) is 2.87. The first-order valence-electron chi connectivity index (χ1n) is 7.70. The Morgan fingerprint density at radius 1 is 1.35 bits per heavy atom. The van der Waals surface area contributed by atoms with Crippen molar-refractivity contribution in [2.75, 3.05) is 6.54 Å². The molecule has 4 nitrogen and oxygen atoms in total. The van der Waals surface area contributed by atoms with Crippen LogP contribution in [0.2, 0.25) is 0 Å². The summed E-state index contributed by atoms with van der Waals surface area (Å²) in [7, 11) is 0. The van der Waals surface area contributed by atoms with E-state index in [-0.39, 0.29) is 12.5 Å². The maximum absolute atomic E-state index is 12.8. The van der Waals surface area contributed by atoms with Crippen molar-refractivity contribution >= 4 is 23.2 Å². The fourth-order valence-electron chi connectivity index (χ4n) is 3.10. The van der Waals surface area contributed by atoms with Crippen molar-refractivity contribution in [2.24, 2.45) is 0 Å². The van der Waals surface area contributed by atoms with E-state index < -0.39 is 11.9 Å². The fourth-order valence-corrected chi connectivity index (χ4v) is 4.19.